The molecule has 0 fully saturated rings. The molecule has 0 saturated carbocycles. The van der Waals surface area contributed by atoms with Crippen molar-refractivity contribution < 1.29 is 22.7 Å². The van der Waals surface area contributed by atoms with E-state index in [1.165, 1.54) is 23.5 Å². The zero-order chi connectivity index (χ0) is 22.0. The third-order valence-electron chi connectivity index (χ3n) is 4.81. The van der Waals surface area contributed by atoms with Crippen LogP contribution in [0.4, 0.5) is 11.4 Å². The second-order valence-electron chi connectivity index (χ2n) is 6.75. The molecule has 0 bridgehead atoms. The lowest BCUT2D eigenvalue weighted by molar-refractivity contribution is -0.122. The summed E-state index contributed by atoms with van der Waals surface area (Å²) in [5.41, 5.74) is 0.779. The fourth-order valence-corrected chi connectivity index (χ4v) is 4.88. The minimum Gasteiger partial charge on any atom is -0.497 e. The Labute approximate surface area is 185 Å². The van der Waals surface area contributed by atoms with Crippen LogP contribution in [0, 0.1) is 0 Å². The molecule has 0 radical (unpaired) electrons. The maximum atomic E-state index is 13.4. The van der Waals surface area contributed by atoms with E-state index in [4.69, 9.17) is 21.1 Å². The maximum absolute atomic E-state index is 13.4. The number of hydrogen-bond donors (Lipinski definition) is 1. The fraction of sp³-hybridized carbons (Fsp3) is 0.136. The molecule has 0 aromatic heterocycles. The molecule has 0 saturated heterocycles. The summed E-state index contributed by atoms with van der Waals surface area (Å²) in [5, 5.41) is 3.07. The van der Waals surface area contributed by atoms with Crippen molar-refractivity contribution in [3.63, 3.8) is 0 Å². The Kier molecular flexibility index (Phi) is 5.75. The zero-order valence-corrected chi connectivity index (χ0v) is 18.1. The normalized spacial score (nSPS) is 15.5. The maximum Gasteiger partial charge on any atom is 0.267 e. The summed E-state index contributed by atoms with van der Waals surface area (Å²) in [7, 11) is -2.45. The topological polar surface area (TPSA) is 84.9 Å². The van der Waals surface area contributed by atoms with Gasteiger partial charge in [-0.3, -0.25) is 9.10 Å². The molecule has 160 valence electrons. The van der Waals surface area contributed by atoms with Gasteiger partial charge in [0.2, 0.25) is 0 Å². The largest absolute Gasteiger partial charge is 0.497 e. The van der Waals surface area contributed by atoms with Gasteiger partial charge in [0.25, 0.3) is 15.9 Å². The average molecular weight is 459 g/mol. The summed E-state index contributed by atoms with van der Waals surface area (Å²) in [5.74, 6) is 0.334. The van der Waals surface area contributed by atoms with Gasteiger partial charge in [0.15, 0.2) is 6.10 Å². The van der Waals surface area contributed by atoms with Crippen LogP contribution in [0.25, 0.3) is 0 Å². The molecule has 1 heterocycles. The number of ether oxygens (including phenoxy) is 2. The number of nitrogens with zero attached hydrogens (tertiary/aromatic N) is 1. The van der Waals surface area contributed by atoms with E-state index in [1.54, 1.807) is 60.7 Å². The smallest absolute Gasteiger partial charge is 0.267 e. The van der Waals surface area contributed by atoms with E-state index in [1.807, 2.05) is 0 Å². The van der Waals surface area contributed by atoms with Crippen LogP contribution in [-0.4, -0.2) is 34.1 Å². The monoisotopic (exact) mass is 458 g/mol. The number of nitrogens with one attached hydrogen (secondary N) is 1. The van der Waals surface area contributed by atoms with Gasteiger partial charge in [-0.25, -0.2) is 8.42 Å². The van der Waals surface area contributed by atoms with E-state index < -0.39 is 22.0 Å². The highest BCUT2D eigenvalue weighted by atomic mass is 35.5. The Morgan fingerprint density at radius 2 is 1.74 bits per heavy atom. The minimum atomic E-state index is -3.96. The predicted octanol–water partition coefficient (Wildman–Crippen LogP) is 3.94. The summed E-state index contributed by atoms with van der Waals surface area (Å²) < 4.78 is 38.9. The van der Waals surface area contributed by atoms with Gasteiger partial charge in [0.05, 0.1) is 34.9 Å². The number of benzene rings is 3. The van der Waals surface area contributed by atoms with Gasteiger partial charge in [0, 0.05) is 0 Å². The number of carbonyl (C=O) groups is 1. The van der Waals surface area contributed by atoms with Crippen LogP contribution in [0.1, 0.15) is 0 Å². The molecule has 1 aliphatic rings. The summed E-state index contributed by atoms with van der Waals surface area (Å²) >= 11 is 6.12. The van der Waals surface area contributed by atoms with Crippen molar-refractivity contribution in [2.24, 2.45) is 0 Å². The van der Waals surface area contributed by atoms with Gasteiger partial charge in [-0.2, -0.15) is 0 Å². The molecule has 31 heavy (non-hydrogen) atoms. The molecule has 7 nitrogen and oxygen atoms in total. The van der Waals surface area contributed by atoms with Crippen LogP contribution < -0.4 is 19.1 Å². The molecule has 3 aromatic rings. The highest BCUT2D eigenvalue weighted by molar-refractivity contribution is 7.92. The number of anilines is 2. The van der Waals surface area contributed by atoms with Crippen LogP contribution in [0.5, 0.6) is 11.5 Å². The van der Waals surface area contributed by atoms with Gasteiger partial charge in [0.1, 0.15) is 11.5 Å². The quantitative estimate of drug-likeness (QED) is 0.626. The lowest BCUT2D eigenvalue weighted by Crippen LogP contribution is -2.48. The third-order valence-corrected chi connectivity index (χ3v) is 6.93. The number of halogens is 1. The van der Waals surface area contributed by atoms with Crippen molar-refractivity contribution in [3.05, 3.63) is 77.8 Å². The van der Waals surface area contributed by atoms with Gasteiger partial charge in [-0.05, 0) is 48.5 Å². The van der Waals surface area contributed by atoms with E-state index in [-0.39, 0.29) is 11.4 Å². The number of rotatable bonds is 5. The van der Waals surface area contributed by atoms with Gasteiger partial charge in [-0.1, -0.05) is 35.9 Å². The van der Waals surface area contributed by atoms with Crippen LogP contribution >= 0.6 is 11.6 Å². The van der Waals surface area contributed by atoms with E-state index in [2.05, 4.69) is 5.32 Å². The number of sulfonamides is 1. The Morgan fingerprint density at radius 1 is 1.06 bits per heavy atom. The standard InChI is InChI=1S/C22H19ClN2O5S/c1-29-15-10-12-16(13-11-15)31(27,28)25-14-21(30-20-9-5-4-8-19(20)25)22(26)24-18-7-3-2-6-17(18)23/h2-13,21H,14H2,1H3,(H,24,26)/t21-/m0/s1. The van der Waals surface area contributed by atoms with E-state index in [0.29, 0.717) is 27.9 Å². The first-order valence-electron chi connectivity index (χ1n) is 9.38. The summed E-state index contributed by atoms with van der Waals surface area (Å²) in [4.78, 5) is 13.0. The molecule has 3 aromatic carbocycles. The molecule has 9 heteroatoms. The van der Waals surface area contributed by atoms with Crippen LogP contribution in [-0.2, 0) is 14.8 Å². The lowest BCUT2D eigenvalue weighted by atomic mass is 10.2. The predicted molar refractivity (Wildman–Crippen MR) is 118 cm³/mol. The molecular formula is C22H19ClN2O5S. The highest BCUT2D eigenvalue weighted by Gasteiger charge is 2.37. The Morgan fingerprint density at radius 3 is 2.45 bits per heavy atom. The number of fused-ring (bicyclic) bond motifs is 1. The van der Waals surface area contributed by atoms with Crippen LogP contribution in [0.2, 0.25) is 5.02 Å². The number of methoxy groups -OCH3 is 1. The van der Waals surface area contributed by atoms with Crippen molar-refractivity contribution in [2.45, 2.75) is 11.0 Å². The molecule has 1 aliphatic heterocycles. The van der Waals surface area contributed by atoms with E-state index in [9.17, 15) is 13.2 Å². The SMILES string of the molecule is COc1ccc(S(=O)(=O)N2C[C@@H](C(=O)Nc3ccccc3Cl)Oc3ccccc32)cc1. The second-order valence-corrected chi connectivity index (χ2v) is 9.02. The number of carbonyl (C=O) groups excluding carboxylic acids is 1. The van der Waals surface area contributed by atoms with E-state index >= 15 is 0 Å². The molecule has 4 rings (SSSR count). The molecule has 0 aliphatic carbocycles. The van der Waals surface area contributed by atoms with Crippen molar-refractivity contribution in [1.82, 2.24) is 0 Å². The second kappa shape index (κ2) is 8.49. The molecule has 0 spiro atoms. The van der Waals surface area contributed by atoms with Gasteiger partial charge < -0.3 is 14.8 Å². The minimum absolute atomic E-state index is 0.0789. The first-order chi connectivity index (χ1) is 14.9. The molecule has 1 N–H and O–H groups in total. The molecular weight excluding hydrogens is 440 g/mol. The van der Waals surface area contributed by atoms with Crippen molar-refractivity contribution >= 4 is 38.9 Å². The molecule has 1 amide bonds. The molecule has 1 atom stereocenters. The van der Waals surface area contributed by atoms with Gasteiger partial charge >= 0.3 is 0 Å². The summed E-state index contributed by atoms with van der Waals surface area (Å²) in [6.45, 7) is -0.193. The van der Waals surface area contributed by atoms with Crippen LogP contribution in [0.15, 0.2) is 77.7 Å². The molecule has 0 unspecified atom stereocenters. The van der Waals surface area contributed by atoms with Gasteiger partial charge in [-0.15, -0.1) is 0 Å². The van der Waals surface area contributed by atoms with Crippen LogP contribution in [0.3, 0.4) is 0 Å². The Balaban J connectivity index is 1.67. The Bertz CT molecular complexity index is 1210. The third kappa shape index (κ3) is 4.17. The number of para-hydroxylation sites is 3. The Hall–Kier alpha value is -3.23. The van der Waals surface area contributed by atoms with Crippen molar-refractivity contribution in [1.29, 1.82) is 0 Å². The number of amides is 1. The number of hydrogen-bond acceptors (Lipinski definition) is 5. The first kappa shape index (κ1) is 21.0. The van der Waals surface area contributed by atoms with Crippen molar-refractivity contribution in [3.8, 4) is 11.5 Å². The fourth-order valence-electron chi connectivity index (χ4n) is 3.22. The van der Waals surface area contributed by atoms with Crippen molar-refractivity contribution in [2.75, 3.05) is 23.3 Å². The van der Waals surface area contributed by atoms with E-state index in [0.717, 1.165) is 0 Å². The first-order valence-corrected chi connectivity index (χ1v) is 11.2. The average Bonchev–Trinajstić information content (AvgIpc) is 2.79. The zero-order valence-electron chi connectivity index (χ0n) is 16.5. The highest BCUT2D eigenvalue weighted by Crippen LogP contribution is 2.37. The lowest BCUT2D eigenvalue weighted by Gasteiger charge is -2.34. The summed E-state index contributed by atoms with van der Waals surface area (Å²) in [6, 6.07) is 19.5. The summed E-state index contributed by atoms with van der Waals surface area (Å²) in [6.07, 6.45) is -1.07.